The molecular formula is C17H18ClF6N3O5. The molecule has 1 amide bonds. The molecule has 1 heterocycles. The second-order valence-electron chi connectivity index (χ2n) is 6.68. The van der Waals surface area contributed by atoms with Gasteiger partial charge < -0.3 is 19.6 Å². The fourth-order valence-corrected chi connectivity index (χ4v) is 2.92. The molecule has 1 aliphatic heterocycles. The van der Waals surface area contributed by atoms with Gasteiger partial charge in [0, 0.05) is 49.4 Å². The van der Waals surface area contributed by atoms with Crippen LogP contribution in [0.1, 0.15) is 5.56 Å². The average Bonchev–Trinajstić information content (AvgIpc) is 2.66. The van der Waals surface area contributed by atoms with Gasteiger partial charge in [0.25, 0.3) is 6.10 Å². The molecule has 180 valence electrons. The highest BCUT2D eigenvalue weighted by atomic mass is 35.5. The number of hydrogen-bond acceptors (Lipinski definition) is 6. The number of nitrogens with zero attached hydrogens (tertiary/aromatic N) is 2. The van der Waals surface area contributed by atoms with Gasteiger partial charge in [0.15, 0.2) is 5.75 Å². The van der Waals surface area contributed by atoms with Gasteiger partial charge in [0.2, 0.25) is 0 Å². The molecule has 1 saturated heterocycles. The Balaban J connectivity index is 1.94. The molecule has 2 rings (SSSR count). The number of carboxylic acids is 1. The third kappa shape index (κ3) is 7.60. The Morgan fingerprint density at radius 3 is 2.22 bits per heavy atom. The molecule has 1 aliphatic rings. The first-order valence-electron chi connectivity index (χ1n) is 8.98. The van der Waals surface area contributed by atoms with Crippen LogP contribution in [0.5, 0.6) is 5.75 Å². The summed E-state index contributed by atoms with van der Waals surface area (Å²) in [5, 5.41) is 8.96. The maximum atomic E-state index is 12.6. The molecule has 0 atom stereocenters. The van der Waals surface area contributed by atoms with Gasteiger partial charge in [-0.3, -0.25) is 9.69 Å². The number of hydroxylamine groups is 1. The molecule has 0 bridgehead atoms. The lowest BCUT2D eigenvalue weighted by Crippen LogP contribution is -2.52. The van der Waals surface area contributed by atoms with Gasteiger partial charge in [-0.15, -0.1) is 5.48 Å². The van der Waals surface area contributed by atoms with E-state index < -0.39 is 37.1 Å². The van der Waals surface area contributed by atoms with Gasteiger partial charge in [-0.25, -0.2) is 4.79 Å². The number of amides is 1. The summed E-state index contributed by atoms with van der Waals surface area (Å²) < 4.78 is 79.1. The number of alkyl halides is 6. The fraction of sp³-hybridized carbons (Fsp3) is 0.529. The number of halogens is 7. The van der Waals surface area contributed by atoms with Crippen LogP contribution in [0.3, 0.4) is 0 Å². The van der Waals surface area contributed by atoms with Crippen molar-refractivity contribution in [3.8, 4) is 5.75 Å². The lowest BCUT2D eigenvalue weighted by atomic mass is 10.1. The standard InChI is InChI=1S/C17H18ClF6N3O5/c18-11-2-1-10(12(7-11)32-25-8-13(28)29)9-26-3-5-27(6-4-26)15(30)31-14(16(19,20)21)17(22,23)24/h1-2,7,14,25H,3-6,8-9H2,(H,28,29). The zero-order valence-electron chi connectivity index (χ0n) is 16.2. The molecule has 1 aromatic carbocycles. The number of carboxylic acid groups (broad SMARTS) is 1. The summed E-state index contributed by atoms with van der Waals surface area (Å²) in [6.45, 7) is -0.322. The van der Waals surface area contributed by atoms with Crippen molar-refractivity contribution in [3.05, 3.63) is 28.8 Å². The quantitative estimate of drug-likeness (QED) is 0.445. The summed E-state index contributed by atoms with van der Waals surface area (Å²) in [5.41, 5.74) is 2.82. The zero-order valence-corrected chi connectivity index (χ0v) is 16.9. The number of ether oxygens (including phenoxy) is 1. The first-order valence-corrected chi connectivity index (χ1v) is 9.36. The summed E-state index contributed by atoms with van der Waals surface area (Å²) in [6.07, 6.45) is -17.5. The molecule has 32 heavy (non-hydrogen) atoms. The maximum absolute atomic E-state index is 12.6. The van der Waals surface area contributed by atoms with Crippen LogP contribution in [-0.4, -0.2) is 78.1 Å². The van der Waals surface area contributed by atoms with Gasteiger partial charge in [0.05, 0.1) is 0 Å². The van der Waals surface area contributed by atoms with E-state index in [2.05, 4.69) is 10.2 Å². The first-order chi connectivity index (χ1) is 14.8. The number of aliphatic carboxylic acids is 1. The number of carbonyl (C=O) groups excluding carboxylic acids is 1. The molecule has 8 nitrogen and oxygen atoms in total. The highest BCUT2D eigenvalue weighted by Gasteiger charge is 2.60. The Morgan fingerprint density at radius 2 is 1.69 bits per heavy atom. The van der Waals surface area contributed by atoms with E-state index in [1.54, 1.807) is 17.0 Å². The minimum absolute atomic E-state index is 0.127. The number of nitrogens with one attached hydrogen (secondary N) is 1. The number of rotatable bonds is 7. The SMILES string of the molecule is O=C(O)CNOc1cc(Cl)ccc1CN1CCN(C(=O)OC(C(F)(F)F)C(F)(F)F)CC1. The predicted molar refractivity (Wildman–Crippen MR) is 96.9 cm³/mol. The number of carbonyl (C=O) groups is 2. The Hall–Kier alpha value is -2.45. The molecule has 2 N–H and O–H groups in total. The Morgan fingerprint density at radius 1 is 1.09 bits per heavy atom. The highest BCUT2D eigenvalue weighted by Crippen LogP contribution is 2.36. The van der Waals surface area contributed by atoms with Crippen LogP contribution in [0.4, 0.5) is 31.1 Å². The van der Waals surface area contributed by atoms with Crippen LogP contribution in [-0.2, 0) is 16.1 Å². The zero-order chi connectivity index (χ0) is 24.1. The number of benzene rings is 1. The molecule has 0 saturated carbocycles. The van der Waals surface area contributed by atoms with E-state index in [1.807, 2.05) is 0 Å². The lowest BCUT2D eigenvalue weighted by Gasteiger charge is -2.35. The van der Waals surface area contributed by atoms with Gasteiger partial charge >= 0.3 is 24.4 Å². The highest BCUT2D eigenvalue weighted by molar-refractivity contribution is 6.30. The minimum atomic E-state index is -5.78. The largest absolute Gasteiger partial charge is 0.480 e. The van der Waals surface area contributed by atoms with Crippen molar-refractivity contribution in [2.24, 2.45) is 0 Å². The van der Waals surface area contributed by atoms with Crippen LogP contribution in [0.15, 0.2) is 18.2 Å². The third-order valence-electron chi connectivity index (χ3n) is 4.27. The Kier molecular flexibility index (Phi) is 8.42. The lowest BCUT2D eigenvalue weighted by molar-refractivity contribution is -0.308. The van der Waals surface area contributed by atoms with Crippen molar-refractivity contribution in [1.29, 1.82) is 0 Å². The summed E-state index contributed by atoms with van der Waals surface area (Å²) in [7, 11) is 0. The Labute approximate surface area is 182 Å². The second kappa shape index (κ2) is 10.4. The predicted octanol–water partition coefficient (Wildman–Crippen LogP) is 3.06. The topological polar surface area (TPSA) is 91.3 Å². The molecule has 0 radical (unpaired) electrons. The molecule has 0 spiro atoms. The number of hydrogen-bond donors (Lipinski definition) is 2. The van der Waals surface area contributed by atoms with E-state index in [1.165, 1.54) is 6.07 Å². The molecule has 15 heteroatoms. The average molecular weight is 494 g/mol. The van der Waals surface area contributed by atoms with Crippen molar-refractivity contribution >= 4 is 23.7 Å². The first kappa shape index (κ1) is 25.8. The fourth-order valence-electron chi connectivity index (χ4n) is 2.75. The van der Waals surface area contributed by atoms with E-state index in [9.17, 15) is 35.9 Å². The van der Waals surface area contributed by atoms with Crippen molar-refractivity contribution in [1.82, 2.24) is 15.3 Å². The van der Waals surface area contributed by atoms with E-state index in [-0.39, 0.29) is 38.5 Å². The van der Waals surface area contributed by atoms with E-state index in [0.717, 1.165) is 4.90 Å². The van der Waals surface area contributed by atoms with Gasteiger partial charge in [-0.05, 0) is 6.07 Å². The molecule has 1 fully saturated rings. The van der Waals surface area contributed by atoms with Crippen LogP contribution in [0.25, 0.3) is 0 Å². The minimum Gasteiger partial charge on any atom is -0.480 e. The smallest absolute Gasteiger partial charge is 0.434 e. The van der Waals surface area contributed by atoms with Gasteiger partial charge in [-0.2, -0.15) is 26.3 Å². The molecule has 1 aromatic rings. The van der Waals surface area contributed by atoms with Crippen molar-refractivity contribution in [2.45, 2.75) is 25.0 Å². The summed E-state index contributed by atoms with van der Waals surface area (Å²) in [4.78, 5) is 30.1. The molecule has 0 aliphatic carbocycles. The normalized spacial score (nSPS) is 15.7. The number of piperazine rings is 1. The van der Waals surface area contributed by atoms with Crippen molar-refractivity contribution < 1.29 is 50.6 Å². The molecule has 0 unspecified atom stereocenters. The van der Waals surface area contributed by atoms with E-state index in [0.29, 0.717) is 10.6 Å². The van der Waals surface area contributed by atoms with Crippen LogP contribution in [0.2, 0.25) is 5.02 Å². The van der Waals surface area contributed by atoms with Crippen molar-refractivity contribution in [2.75, 3.05) is 32.7 Å². The molecule has 0 aromatic heterocycles. The second-order valence-corrected chi connectivity index (χ2v) is 7.12. The van der Waals surface area contributed by atoms with Gasteiger partial charge in [0.1, 0.15) is 6.54 Å². The summed E-state index contributed by atoms with van der Waals surface area (Å²) in [5.74, 6) is -0.923. The van der Waals surface area contributed by atoms with Crippen LogP contribution >= 0.6 is 11.6 Å². The van der Waals surface area contributed by atoms with E-state index >= 15 is 0 Å². The van der Waals surface area contributed by atoms with Crippen molar-refractivity contribution in [3.63, 3.8) is 0 Å². The van der Waals surface area contributed by atoms with Crippen LogP contribution < -0.4 is 10.3 Å². The Bertz CT molecular complexity index is 801. The summed E-state index contributed by atoms with van der Waals surface area (Å²) >= 11 is 5.90. The van der Waals surface area contributed by atoms with E-state index in [4.69, 9.17) is 21.5 Å². The monoisotopic (exact) mass is 493 g/mol. The molecular weight excluding hydrogens is 476 g/mol. The van der Waals surface area contributed by atoms with Crippen LogP contribution in [0, 0.1) is 0 Å². The van der Waals surface area contributed by atoms with Gasteiger partial charge in [-0.1, -0.05) is 17.7 Å². The summed E-state index contributed by atoms with van der Waals surface area (Å²) in [6, 6.07) is 4.61. The third-order valence-corrected chi connectivity index (χ3v) is 4.51. The maximum Gasteiger partial charge on any atom is 0.434 e.